The van der Waals surface area contributed by atoms with Crippen molar-refractivity contribution in [2.75, 3.05) is 0 Å². The van der Waals surface area contributed by atoms with Crippen LogP contribution in [0.5, 0.6) is 0 Å². The van der Waals surface area contributed by atoms with Crippen molar-refractivity contribution in [2.24, 2.45) is 5.73 Å². The Morgan fingerprint density at radius 2 is 1.70 bits per heavy atom. The highest BCUT2D eigenvalue weighted by Crippen LogP contribution is 2.31. The number of halogens is 3. The number of benzene rings is 1. The molecule has 0 fully saturated rings. The molecule has 0 saturated carbocycles. The maximum atomic E-state index is 10.9. The Labute approximate surface area is 111 Å². The maximum absolute atomic E-state index is 10.9. The Balaban J connectivity index is 0.000000246. The third kappa shape index (κ3) is 3.70. The van der Waals surface area contributed by atoms with Gasteiger partial charge in [-0.3, -0.25) is 4.79 Å². The molecule has 20 heavy (non-hydrogen) atoms. The zero-order chi connectivity index (χ0) is 15.5. The normalized spacial score (nSPS) is 20.6. The first kappa shape index (κ1) is 16.0. The molecular weight excluding hydrogens is 279 g/mol. The van der Waals surface area contributed by atoms with Crippen LogP contribution in [0.4, 0.5) is 13.2 Å². The van der Waals surface area contributed by atoms with Crippen LogP contribution in [0.3, 0.4) is 0 Å². The van der Waals surface area contributed by atoms with Gasteiger partial charge in [-0.25, -0.2) is 4.79 Å². The topological polar surface area (TPSA) is 101 Å². The molecule has 2 rings (SSSR count). The van der Waals surface area contributed by atoms with Gasteiger partial charge in [-0.05, 0) is 17.5 Å². The summed E-state index contributed by atoms with van der Waals surface area (Å²) in [5.41, 5.74) is 7.70. The third-order valence-corrected chi connectivity index (χ3v) is 2.78. The molecule has 0 unspecified atom stereocenters. The molecule has 0 aromatic heterocycles. The van der Waals surface area contributed by atoms with Crippen molar-refractivity contribution in [1.82, 2.24) is 0 Å². The monoisotopic (exact) mass is 291 g/mol. The van der Waals surface area contributed by atoms with Crippen LogP contribution in [0, 0.1) is 0 Å². The standard InChI is InChI=1S/C10H11NO2.C2HF3O2/c11-8-5-6-3-1-2-4-7(6)9(8)10(12)13;3-2(4,5)1(6)7/h1-4,8-9H,5,11H2,(H,12,13);(H,6,7)/t8-,9-;/m1./s1. The van der Waals surface area contributed by atoms with Crippen LogP contribution in [0.2, 0.25) is 0 Å². The van der Waals surface area contributed by atoms with Crippen LogP contribution < -0.4 is 5.73 Å². The molecule has 0 aliphatic heterocycles. The highest BCUT2D eigenvalue weighted by Gasteiger charge is 2.38. The van der Waals surface area contributed by atoms with Crippen LogP contribution in [0.1, 0.15) is 17.0 Å². The number of fused-ring (bicyclic) bond motifs is 1. The highest BCUT2D eigenvalue weighted by atomic mass is 19.4. The minimum atomic E-state index is -5.08. The predicted molar refractivity (Wildman–Crippen MR) is 62.2 cm³/mol. The van der Waals surface area contributed by atoms with Crippen molar-refractivity contribution in [3.8, 4) is 0 Å². The second kappa shape index (κ2) is 5.91. The minimum absolute atomic E-state index is 0.269. The van der Waals surface area contributed by atoms with Gasteiger partial charge in [0, 0.05) is 6.04 Å². The Morgan fingerprint density at radius 1 is 1.20 bits per heavy atom. The highest BCUT2D eigenvalue weighted by molar-refractivity contribution is 5.79. The lowest BCUT2D eigenvalue weighted by atomic mass is 9.99. The number of rotatable bonds is 1. The van der Waals surface area contributed by atoms with Crippen LogP contribution in [0.25, 0.3) is 0 Å². The van der Waals surface area contributed by atoms with Crippen LogP contribution in [-0.4, -0.2) is 34.4 Å². The molecule has 2 atom stereocenters. The Kier molecular flexibility index (Phi) is 4.72. The summed E-state index contributed by atoms with van der Waals surface area (Å²) in [6, 6.07) is 7.29. The van der Waals surface area contributed by atoms with Crippen molar-refractivity contribution in [3.05, 3.63) is 35.4 Å². The van der Waals surface area contributed by atoms with E-state index < -0.39 is 24.0 Å². The number of carbonyl (C=O) groups is 2. The van der Waals surface area contributed by atoms with Gasteiger partial charge in [-0.2, -0.15) is 13.2 Å². The first-order chi connectivity index (χ1) is 9.14. The van der Waals surface area contributed by atoms with Gasteiger partial charge in [0.2, 0.25) is 0 Å². The minimum Gasteiger partial charge on any atom is -0.481 e. The summed E-state index contributed by atoms with van der Waals surface area (Å²) in [5, 5.41) is 16.1. The van der Waals surface area contributed by atoms with E-state index >= 15 is 0 Å². The van der Waals surface area contributed by atoms with E-state index in [1.165, 1.54) is 0 Å². The van der Waals surface area contributed by atoms with Crippen LogP contribution >= 0.6 is 0 Å². The summed E-state index contributed by atoms with van der Waals surface area (Å²) in [4.78, 5) is 19.8. The fraction of sp³-hybridized carbons (Fsp3) is 0.333. The van der Waals surface area contributed by atoms with E-state index in [1.807, 2.05) is 24.3 Å². The predicted octanol–water partition coefficient (Wildman–Crippen LogP) is 1.37. The smallest absolute Gasteiger partial charge is 0.481 e. The molecule has 0 heterocycles. The lowest BCUT2D eigenvalue weighted by Gasteiger charge is -2.10. The summed E-state index contributed by atoms with van der Waals surface area (Å²) in [6.45, 7) is 0. The Bertz CT molecular complexity index is 516. The molecule has 1 aliphatic rings. The van der Waals surface area contributed by atoms with E-state index in [2.05, 4.69) is 0 Å². The first-order valence-electron chi connectivity index (χ1n) is 5.51. The van der Waals surface area contributed by atoms with Crippen molar-refractivity contribution in [3.63, 3.8) is 0 Å². The summed E-state index contributed by atoms with van der Waals surface area (Å²) >= 11 is 0. The number of nitrogens with two attached hydrogens (primary N) is 1. The average Bonchev–Trinajstić information content (AvgIpc) is 2.64. The van der Waals surface area contributed by atoms with Crippen molar-refractivity contribution in [2.45, 2.75) is 24.6 Å². The SMILES string of the molecule is N[C@@H]1Cc2ccccc2[C@H]1C(=O)O.O=C(O)C(F)(F)F. The molecule has 110 valence electrons. The van der Waals surface area contributed by atoms with E-state index in [4.69, 9.17) is 20.7 Å². The molecule has 0 amide bonds. The number of carboxylic acid groups (broad SMARTS) is 2. The lowest BCUT2D eigenvalue weighted by Crippen LogP contribution is -2.30. The van der Waals surface area contributed by atoms with E-state index in [-0.39, 0.29) is 6.04 Å². The number of aliphatic carboxylic acids is 2. The second-order valence-corrected chi connectivity index (χ2v) is 4.19. The first-order valence-corrected chi connectivity index (χ1v) is 5.51. The second-order valence-electron chi connectivity index (χ2n) is 4.19. The number of alkyl halides is 3. The van der Waals surface area contributed by atoms with Crippen LogP contribution in [-0.2, 0) is 16.0 Å². The molecular formula is C12H12F3NO4. The van der Waals surface area contributed by atoms with Crippen molar-refractivity contribution < 1.29 is 33.0 Å². The quantitative estimate of drug-likeness (QED) is 0.725. The molecule has 0 saturated heterocycles. The summed E-state index contributed by atoms with van der Waals surface area (Å²) in [6.07, 6.45) is -4.41. The molecule has 1 aromatic carbocycles. The van der Waals surface area contributed by atoms with Crippen molar-refractivity contribution in [1.29, 1.82) is 0 Å². The van der Waals surface area contributed by atoms with Gasteiger partial charge in [-0.15, -0.1) is 0 Å². The van der Waals surface area contributed by atoms with Gasteiger partial charge in [0.1, 0.15) is 0 Å². The zero-order valence-electron chi connectivity index (χ0n) is 10.1. The van der Waals surface area contributed by atoms with Gasteiger partial charge >= 0.3 is 18.1 Å². The average molecular weight is 291 g/mol. The molecule has 0 bridgehead atoms. The Hall–Kier alpha value is -2.09. The molecule has 1 aromatic rings. The van der Waals surface area contributed by atoms with E-state index in [0.29, 0.717) is 6.42 Å². The molecule has 4 N–H and O–H groups in total. The van der Waals surface area contributed by atoms with Crippen LogP contribution in [0.15, 0.2) is 24.3 Å². The summed E-state index contributed by atoms with van der Waals surface area (Å²) < 4.78 is 31.7. The Morgan fingerprint density at radius 3 is 2.15 bits per heavy atom. The lowest BCUT2D eigenvalue weighted by molar-refractivity contribution is -0.192. The van der Waals surface area contributed by atoms with E-state index in [9.17, 15) is 18.0 Å². The van der Waals surface area contributed by atoms with Gasteiger partial charge in [-0.1, -0.05) is 24.3 Å². The fourth-order valence-corrected chi connectivity index (χ4v) is 1.94. The van der Waals surface area contributed by atoms with Crippen molar-refractivity contribution >= 4 is 11.9 Å². The largest absolute Gasteiger partial charge is 0.490 e. The summed E-state index contributed by atoms with van der Waals surface area (Å²) in [5.74, 6) is -4.10. The number of carboxylic acids is 2. The van der Waals surface area contributed by atoms with Gasteiger partial charge < -0.3 is 15.9 Å². The van der Waals surface area contributed by atoms with E-state index in [0.717, 1.165) is 11.1 Å². The third-order valence-electron chi connectivity index (χ3n) is 2.78. The fourth-order valence-electron chi connectivity index (χ4n) is 1.94. The molecule has 0 radical (unpaired) electrons. The zero-order valence-corrected chi connectivity index (χ0v) is 10.1. The van der Waals surface area contributed by atoms with Gasteiger partial charge in [0.25, 0.3) is 0 Å². The van der Waals surface area contributed by atoms with Gasteiger partial charge in [0.05, 0.1) is 5.92 Å². The molecule has 1 aliphatic carbocycles. The summed E-state index contributed by atoms with van der Waals surface area (Å²) in [7, 11) is 0. The maximum Gasteiger partial charge on any atom is 0.490 e. The molecule has 8 heteroatoms. The number of hydrogen-bond acceptors (Lipinski definition) is 3. The van der Waals surface area contributed by atoms with Gasteiger partial charge in [0.15, 0.2) is 0 Å². The number of hydrogen-bond donors (Lipinski definition) is 3. The molecule has 0 spiro atoms. The van der Waals surface area contributed by atoms with E-state index in [1.54, 1.807) is 0 Å². The molecule has 5 nitrogen and oxygen atoms in total.